The molecule has 1 amide bonds. The van der Waals surface area contributed by atoms with Crippen LogP contribution in [0, 0.1) is 6.92 Å². The summed E-state index contributed by atoms with van der Waals surface area (Å²) in [5.74, 6) is 0.512. The number of amides is 1. The first-order chi connectivity index (χ1) is 8.24. The summed E-state index contributed by atoms with van der Waals surface area (Å²) in [5.41, 5.74) is 1.82. The predicted octanol–water partition coefficient (Wildman–Crippen LogP) is 1.97. The minimum Gasteiger partial charge on any atom is -0.310 e. The van der Waals surface area contributed by atoms with E-state index in [-0.39, 0.29) is 5.91 Å². The number of anilines is 1. The van der Waals surface area contributed by atoms with E-state index in [0.717, 1.165) is 11.3 Å². The summed E-state index contributed by atoms with van der Waals surface area (Å²) in [6.07, 6.45) is 3.68. The summed E-state index contributed by atoms with van der Waals surface area (Å²) in [7, 11) is 0. The van der Waals surface area contributed by atoms with Gasteiger partial charge in [-0.25, -0.2) is 4.98 Å². The van der Waals surface area contributed by atoms with Crippen LogP contribution < -0.4 is 5.32 Å². The number of carbonyl (C=O) groups is 1. The van der Waals surface area contributed by atoms with E-state index < -0.39 is 0 Å². The Morgan fingerprint density at radius 1 is 1.24 bits per heavy atom. The van der Waals surface area contributed by atoms with Gasteiger partial charge in [0.1, 0.15) is 5.82 Å². The van der Waals surface area contributed by atoms with Crippen LogP contribution >= 0.6 is 0 Å². The van der Waals surface area contributed by atoms with Gasteiger partial charge >= 0.3 is 0 Å². The maximum atomic E-state index is 11.7. The molecule has 1 N–H and O–H groups in total. The standard InChI is InChI=1S/C13H13N3O/c1-10-3-2-4-12(15-10)16-13(17)9-11-5-7-14-8-6-11/h2-8H,9H2,1H3,(H,15,16,17). The molecule has 0 aliphatic carbocycles. The average Bonchev–Trinajstić information content (AvgIpc) is 2.30. The van der Waals surface area contributed by atoms with Crippen molar-refractivity contribution in [2.24, 2.45) is 0 Å². The van der Waals surface area contributed by atoms with Crippen molar-refractivity contribution >= 4 is 11.7 Å². The van der Waals surface area contributed by atoms with Crippen LogP contribution in [-0.4, -0.2) is 15.9 Å². The van der Waals surface area contributed by atoms with Crippen molar-refractivity contribution < 1.29 is 4.79 Å². The maximum Gasteiger partial charge on any atom is 0.229 e. The molecule has 0 spiro atoms. The minimum atomic E-state index is -0.0747. The van der Waals surface area contributed by atoms with Crippen molar-refractivity contribution in [2.75, 3.05) is 5.32 Å². The molecule has 0 bridgehead atoms. The van der Waals surface area contributed by atoms with Crippen molar-refractivity contribution in [3.05, 3.63) is 54.0 Å². The zero-order valence-corrected chi connectivity index (χ0v) is 9.55. The van der Waals surface area contributed by atoms with Crippen LogP contribution in [0.25, 0.3) is 0 Å². The van der Waals surface area contributed by atoms with Gasteiger partial charge in [0.2, 0.25) is 5.91 Å². The number of aryl methyl sites for hydroxylation is 1. The van der Waals surface area contributed by atoms with Gasteiger partial charge in [-0.3, -0.25) is 9.78 Å². The molecule has 0 saturated heterocycles. The van der Waals surface area contributed by atoms with E-state index in [1.807, 2.05) is 31.2 Å². The second kappa shape index (κ2) is 5.21. The number of carbonyl (C=O) groups excluding carboxylic acids is 1. The van der Waals surface area contributed by atoms with Crippen LogP contribution in [0.2, 0.25) is 0 Å². The molecule has 17 heavy (non-hydrogen) atoms. The van der Waals surface area contributed by atoms with E-state index in [1.54, 1.807) is 18.5 Å². The van der Waals surface area contributed by atoms with Crippen molar-refractivity contribution in [2.45, 2.75) is 13.3 Å². The Hall–Kier alpha value is -2.23. The van der Waals surface area contributed by atoms with E-state index in [2.05, 4.69) is 15.3 Å². The number of nitrogens with zero attached hydrogens (tertiary/aromatic N) is 2. The largest absolute Gasteiger partial charge is 0.310 e. The number of nitrogens with one attached hydrogen (secondary N) is 1. The molecule has 0 aliphatic rings. The zero-order valence-electron chi connectivity index (χ0n) is 9.55. The van der Waals surface area contributed by atoms with E-state index in [4.69, 9.17) is 0 Å². The molecule has 0 fully saturated rings. The second-order valence-corrected chi connectivity index (χ2v) is 3.74. The molecule has 86 valence electrons. The first-order valence-electron chi connectivity index (χ1n) is 5.36. The van der Waals surface area contributed by atoms with Gasteiger partial charge in [0.15, 0.2) is 0 Å². The second-order valence-electron chi connectivity index (χ2n) is 3.74. The molecule has 4 heteroatoms. The van der Waals surface area contributed by atoms with E-state index in [0.29, 0.717) is 12.2 Å². The molecule has 0 unspecified atom stereocenters. The van der Waals surface area contributed by atoms with Crippen molar-refractivity contribution in [3.8, 4) is 0 Å². The molecule has 0 aromatic carbocycles. The molecule has 0 atom stereocenters. The van der Waals surface area contributed by atoms with Crippen LogP contribution in [0.15, 0.2) is 42.7 Å². The monoisotopic (exact) mass is 227 g/mol. The zero-order chi connectivity index (χ0) is 12.1. The first-order valence-corrected chi connectivity index (χ1v) is 5.36. The summed E-state index contributed by atoms with van der Waals surface area (Å²) >= 11 is 0. The van der Waals surface area contributed by atoms with Gasteiger partial charge in [0.25, 0.3) is 0 Å². The van der Waals surface area contributed by atoms with Gasteiger partial charge in [-0.05, 0) is 36.8 Å². The molecule has 2 aromatic heterocycles. The minimum absolute atomic E-state index is 0.0747. The average molecular weight is 227 g/mol. The molecule has 2 heterocycles. The molecule has 2 aromatic rings. The maximum absolute atomic E-state index is 11.7. The highest BCUT2D eigenvalue weighted by Gasteiger charge is 2.04. The van der Waals surface area contributed by atoms with Gasteiger partial charge < -0.3 is 5.32 Å². The third-order valence-electron chi connectivity index (χ3n) is 2.27. The predicted molar refractivity (Wildman–Crippen MR) is 65.5 cm³/mol. The van der Waals surface area contributed by atoms with Crippen molar-refractivity contribution in [3.63, 3.8) is 0 Å². The third-order valence-corrected chi connectivity index (χ3v) is 2.27. The molecular weight excluding hydrogens is 214 g/mol. The SMILES string of the molecule is Cc1cccc(NC(=O)Cc2ccncc2)n1. The summed E-state index contributed by atoms with van der Waals surface area (Å²) in [6, 6.07) is 9.17. The summed E-state index contributed by atoms with van der Waals surface area (Å²) in [6.45, 7) is 1.89. The molecule has 4 nitrogen and oxygen atoms in total. The van der Waals surface area contributed by atoms with Crippen LogP contribution in [0.1, 0.15) is 11.3 Å². The van der Waals surface area contributed by atoms with Gasteiger partial charge in [-0.15, -0.1) is 0 Å². The fourth-order valence-corrected chi connectivity index (χ4v) is 1.49. The number of aromatic nitrogens is 2. The van der Waals surface area contributed by atoms with Crippen LogP contribution in [0.4, 0.5) is 5.82 Å². The lowest BCUT2D eigenvalue weighted by atomic mass is 10.2. The van der Waals surface area contributed by atoms with Gasteiger partial charge in [0.05, 0.1) is 6.42 Å². The quantitative estimate of drug-likeness (QED) is 0.872. The van der Waals surface area contributed by atoms with Gasteiger partial charge in [0, 0.05) is 18.1 Å². The highest BCUT2D eigenvalue weighted by Crippen LogP contribution is 2.05. The Morgan fingerprint density at radius 2 is 2.00 bits per heavy atom. The fraction of sp³-hybridized carbons (Fsp3) is 0.154. The van der Waals surface area contributed by atoms with Crippen molar-refractivity contribution in [1.82, 2.24) is 9.97 Å². The fourth-order valence-electron chi connectivity index (χ4n) is 1.49. The molecular formula is C13H13N3O. The Balaban J connectivity index is 1.98. The van der Waals surface area contributed by atoms with E-state index in [1.165, 1.54) is 0 Å². The lowest BCUT2D eigenvalue weighted by molar-refractivity contribution is -0.115. The highest BCUT2D eigenvalue weighted by molar-refractivity contribution is 5.91. The lowest BCUT2D eigenvalue weighted by Crippen LogP contribution is -2.15. The van der Waals surface area contributed by atoms with Gasteiger partial charge in [-0.2, -0.15) is 0 Å². The molecule has 0 saturated carbocycles. The topological polar surface area (TPSA) is 54.9 Å². The van der Waals surface area contributed by atoms with Crippen LogP contribution in [0.3, 0.4) is 0 Å². The summed E-state index contributed by atoms with van der Waals surface area (Å²) in [5, 5.41) is 2.76. The van der Waals surface area contributed by atoms with E-state index in [9.17, 15) is 4.79 Å². The van der Waals surface area contributed by atoms with Crippen LogP contribution in [0.5, 0.6) is 0 Å². The van der Waals surface area contributed by atoms with Crippen molar-refractivity contribution in [1.29, 1.82) is 0 Å². The number of rotatable bonds is 3. The van der Waals surface area contributed by atoms with Crippen LogP contribution in [-0.2, 0) is 11.2 Å². The summed E-state index contributed by atoms with van der Waals surface area (Å²) in [4.78, 5) is 19.8. The Morgan fingerprint density at radius 3 is 2.71 bits per heavy atom. The molecule has 0 aliphatic heterocycles. The lowest BCUT2D eigenvalue weighted by Gasteiger charge is -2.04. The Bertz CT molecular complexity index is 511. The smallest absolute Gasteiger partial charge is 0.229 e. The summed E-state index contributed by atoms with van der Waals surface area (Å²) < 4.78 is 0. The van der Waals surface area contributed by atoms with E-state index >= 15 is 0 Å². The highest BCUT2D eigenvalue weighted by atomic mass is 16.1. The number of hydrogen-bond donors (Lipinski definition) is 1. The number of pyridine rings is 2. The number of hydrogen-bond acceptors (Lipinski definition) is 3. The Labute approximate surface area is 99.7 Å². The Kier molecular flexibility index (Phi) is 3.45. The molecule has 2 rings (SSSR count). The first kappa shape index (κ1) is 11.3. The van der Waals surface area contributed by atoms with Gasteiger partial charge in [-0.1, -0.05) is 6.07 Å². The normalized spacial score (nSPS) is 9.94. The molecule has 0 radical (unpaired) electrons. The third kappa shape index (κ3) is 3.38.